The van der Waals surface area contributed by atoms with Crippen molar-refractivity contribution in [3.05, 3.63) is 102 Å². The van der Waals surface area contributed by atoms with Gasteiger partial charge in [0.1, 0.15) is 24.2 Å². The molecule has 0 radical (unpaired) electrons. The molecule has 1 fully saturated rings. The van der Waals surface area contributed by atoms with Crippen molar-refractivity contribution in [2.75, 3.05) is 31.0 Å². The average Bonchev–Trinajstić information content (AvgIpc) is 3.58. The highest BCUT2D eigenvalue weighted by atomic mass is 32.1. The van der Waals surface area contributed by atoms with Crippen LogP contribution in [0.1, 0.15) is 33.9 Å². The molecule has 2 atom stereocenters. The van der Waals surface area contributed by atoms with E-state index in [2.05, 4.69) is 15.6 Å². The first-order valence-corrected chi connectivity index (χ1v) is 12.6. The number of carbonyl (C=O) groups excluding carboxylic acids is 2. The monoisotopic (exact) mass is 542 g/mol. The fourth-order valence-corrected chi connectivity index (χ4v) is 4.86. The SMILES string of the molecule is COCC(=O)Nc1ccc(N2C(=S)NC(c3ccccn3)C2c2ccc(-c3ccc(C(=O)OC)cc3)o2)cc1. The average molecular weight is 543 g/mol. The van der Waals surface area contributed by atoms with Gasteiger partial charge in [-0.05, 0) is 72.9 Å². The number of carbonyl (C=O) groups is 2. The number of anilines is 2. The summed E-state index contributed by atoms with van der Waals surface area (Å²) in [5.74, 6) is 0.697. The van der Waals surface area contributed by atoms with Crippen molar-refractivity contribution in [1.29, 1.82) is 0 Å². The van der Waals surface area contributed by atoms with Crippen LogP contribution in [0.25, 0.3) is 11.3 Å². The van der Waals surface area contributed by atoms with Gasteiger partial charge in [0, 0.05) is 30.2 Å². The summed E-state index contributed by atoms with van der Waals surface area (Å²) in [6, 6.07) is 23.4. The molecule has 2 aromatic heterocycles. The number of esters is 1. The van der Waals surface area contributed by atoms with E-state index in [0.29, 0.717) is 27.9 Å². The Hall–Kier alpha value is -4.54. The van der Waals surface area contributed by atoms with Gasteiger partial charge in [-0.25, -0.2) is 4.79 Å². The van der Waals surface area contributed by atoms with Crippen LogP contribution in [0, 0.1) is 0 Å². The number of nitrogens with one attached hydrogen (secondary N) is 2. The lowest BCUT2D eigenvalue weighted by atomic mass is 10.0. The van der Waals surface area contributed by atoms with Crippen LogP contribution >= 0.6 is 12.2 Å². The highest BCUT2D eigenvalue weighted by molar-refractivity contribution is 7.80. The maximum Gasteiger partial charge on any atom is 0.337 e. The lowest BCUT2D eigenvalue weighted by molar-refractivity contribution is -0.119. The second-order valence-corrected chi connectivity index (χ2v) is 9.18. The minimum Gasteiger partial charge on any atom is -0.465 e. The molecule has 1 aliphatic rings. The van der Waals surface area contributed by atoms with Crippen molar-refractivity contribution in [2.24, 2.45) is 0 Å². The largest absolute Gasteiger partial charge is 0.465 e. The van der Waals surface area contributed by atoms with Crippen LogP contribution in [-0.4, -0.2) is 42.8 Å². The summed E-state index contributed by atoms with van der Waals surface area (Å²) in [4.78, 5) is 30.3. The fourth-order valence-electron chi connectivity index (χ4n) is 4.51. The zero-order valence-electron chi connectivity index (χ0n) is 21.3. The number of hydrogen-bond donors (Lipinski definition) is 2. The molecule has 0 spiro atoms. The molecular weight excluding hydrogens is 516 g/mol. The Balaban J connectivity index is 1.48. The normalized spacial score (nSPS) is 16.6. The van der Waals surface area contributed by atoms with Crippen molar-refractivity contribution < 1.29 is 23.5 Å². The van der Waals surface area contributed by atoms with Gasteiger partial charge in [-0.2, -0.15) is 0 Å². The molecule has 9 nitrogen and oxygen atoms in total. The van der Waals surface area contributed by atoms with Gasteiger partial charge < -0.3 is 29.4 Å². The molecule has 0 aliphatic carbocycles. The van der Waals surface area contributed by atoms with Crippen LogP contribution in [0.2, 0.25) is 0 Å². The first-order valence-electron chi connectivity index (χ1n) is 12.2. The number of amides is 1. The Morgan fingerprint density at radius 3 is 2.46 bits per heavy atom. The third-order valence-electron chi connectivity index (χ3n) is 6.31. The second-order valence-electron chi connectivity index (χ2n) is 8.80. The Bertz CT molecular complexity index is 1470. The number of furan rings is 1. The Labute approximate surface area is 230 Å². The van der Waals surface area contributed by atoms with Gasteiger partial charge >= 0.3 is 5.97 Å². The lowest BCUT2D eigenvalue weighted by Crippen LogP contribution is -2.29. The molecular formula is C29H26N4O5S. The maximum atomic E-state index is 11.9. The highest BCUT2D eigenvalue weighted by Crippen LogP contribution is 2.43. The van der Waals surface area contributed by atoms with E-state index in [-0.39, 0.29) is 24.6 Å². The standard InChI is InChI=1S/C29H26N4O5S/c1-36-17-25(34)31-20-10-12-21(13-11-20)33-27(26(32-29(33)39)22-5-3-4-16-30-22)24-15-14-23(38-24)18-6-8-19(9-7-18)28(35)37-2/h3-16,26-27H,17H2,1-2H3,(H,31,34)(H,32,39). The van der Waals surface area contributed by atoms with E-state index in [1.165, 1.54) is 14.2 Å². The van der Waals surface area contributed by atoms with Gasteiger partial charge in [0.15, 0.2) is 5.11 Å². The van der Waals surface area contributed by atoms with Crippen molar-refractivity contribution in [2.45, 2.75) is 12.1 Å². The van der Waals surface area contributed by atoms with E-state index in [1.807, 2.05) is 71.6 Å². The summed E-state index contributed by atoms with van der Waals surface area (Å²) in [6.07, 6.45) is 1.74. The molecule has 0 bridgehead atoms. The maximum absolute atomic E-state index is 11.9. The number of methoxy groups -OCH3 is 2. The molecule has 1 aliphatic heterocycles. The van der Waals surface area contributed by atoms with Gasteiger partial charge in [-0.1, -0.05) is 18.2 Å². The summed E-state index contributed by atoms with van der Waals surface area (Å²) in [7, 11) is 2.82. The van der Waals surface area contributed by atoms with Crippen molar-refractivity contribution in [3.63, 3.8) is 0 Å². The first-order chi connectivity index (χ1) is 19.0. The van der Waals surface area contributed by atoms with Crippen molar-refractivity contribution in [1.82, 2.24) is 10.3 Å². The van der Waals surface area contributed by atoms with E-state index < -0.39 is 5.97 Å². The number of nitrogens with zero attached hydrogens (tertiary/aromatic N) is 2. The van der Waals surface area contributed by atoms with E-state index >= 15 is 0 Å². The molecule has 5 rings (SSSR count). The molecule has 39 heavy (non-hydrogen) atoms. The van der Waals surface area contributed by atoms with E-state index in [1.54, 1.807) is 18.3 Å². The summed E-state index contributed by atoms with van der Waals surface area (Å²) >= 11 is 5.78. The van der Waals surface area contributed by atoms with Gasteiger partial charge in [0.2, 0.25) is 5.91 Å². The smallest absolute Gasteiger partial charge is 0.337 e. The zero-order valence-corrected chi connectivity index (χ0v) is 22.1. The molecule has 2 N–H and O–H groups in total. The van der Waals surface area contributed by atoms with Crippen LogP contribution in [0.3, 0.4) is 0 Å². The topological polar surface area (TPSA) is 106 Å². The van der Waals surface area contributed by atoms with E-state index in [9.17, 15) is 9.59 Å². The highest BCUT2D eigenvalue weighted by Gasteiger charge is 2.42. The predicted octanol–water partition coefficient (Wildman–Crippen LogP) is 4.89. The molecule has 4 aromatic rings. The van der Waals surface area contributed by atoms with Crippen LogP contribution in [0.4, 0.5) is 11.4 Å². The third-order valence-corrected chi connectivity index (χ3v) is 6.63. The number of pyridine rings is 1. The first kappa shape index (κ1) is 26.1. The molecule has 0 saturated carbocycles. The molecule has 2 unspecified atom stereocenters. The van der Waals surface area contributed by atoms with Gasteiger partial charge in [-0.15, -0.1) is 0 Å². The van der Waals surface area contributed by atoms with E-state index in [4.69, 9.17) is 26.1 Å². The molecule has 1 amide bonds. The van der Waals surface area contributed by atoms with Crippen molar-refractivity contribution in [3.8, 4) is 11.3 Å². The Morgan fingerprint density at radius 2 is 1.79 bits per heavy atom. The lowest BCUT2D eigenvalue weighted by Gasteiger charge is -2.26. The summed E-state index contributed by atoms with van der Waals surface area (Å²) in [6.45, 7) is -0.0258. The quantitative estimate of drug-likeness (QED) is 0.238. The molecule has 1 saturated heterocycles. The summed E-state index contributed by atoms with van der Waals surface area (Å²) < 4.78 is 16.1. The number of hydrogen-bond acceptors (Lipinski definition) is 7. The summed E-state index contributed by atoms with van der Waals surface area (Å²) in [5.41, 5.74) is 3.56. The molecule has 198 valence electrons. The zero-order chi connectivity index (χ0) is 27.4. The van der Waals surface area contributed by atoms with Crippen LogP contribution in [0.15, 0.2) is 89.5 Å². The predicted molar refractivity (Wildman–Crippen MR) is 150 cm³/mol. The Morgan fingerprint density at radius 1 is 1.03 bits per heavy atom. The number of thiocarbonyl (C=S) groups is 1. The Kier molecular flexibility index (Phi) is 7.67. The minimum atomic E-state index is -0.398. The van der Waals surface area contributed by atoms with Gasteiger partial charge in [0.25, 0.3) is 0 Å². The number of benzene rings is 2. The van der Waals surface area contributed by atoms with Crippen LogP contribution in [-0.2, 0) is 14.3 Å². The van der Waals surface area contributed by atoms with E-state index in [0.717, 1.165) is 16.9 Å². The molecule has 3 heterocycles. The molecule has 2 aromatic carbocycles. The third kappa shape index (κ3) is 5.52. The second kappa shape index (κ2) is 11.5. The van der Waals surface area contributed by atoms with Crippen LogP contribution < -0.4 is 15.5 Å². The molecule has 10 heteroatoms. The van der Waals surface area contributed by atoms with Gasteiger partial charge in [-0.3, -0.25) is 9.78 Å². The van der Waals surface area contributed by atoms with Gasteiger partial charge in [0.05, 0.1) is 24.4 Å². The van der Waals surface area contributed by atoms with Crippen LogP contribution in [0.5, 0.6) is 0 Å². The number of aromatic nitrogens is 1. The minimum absolute atomic E-state index is 0.0258. The number of ether oxygens (including phenoxy) is 2. The number of rotatable bonds is 8. The summed E-state index contributed by atoms with van der Waals surface area (Å²) in [5, 5.41) is 6.72. The van der Waals surface area contributed by atoms with Crippen molar-refractivity contribution >= 4 is 40.6 Å². The fraction of sp³-hybridized carbons (Fsp3) is 0.172.